The lowest BCUT2D eigenvalue weighted by Gasteiger charge is -2.26. The largest absolute Gasteiger partial charge is 0.472 e. The molecule has 0 amide bonds. The first-order valence-electron chi connectivity index (χ1n) is 6.86. The topological polar surface area (TPSA) is 28.4 Å². The molecule has 3 heteroatoms. The van der Waals surface area contributed by atoms with E-state index in [9.17, 15) is 0 Å². The molecule has 2 aromatic rings. The van der Waals surface area contributed by atoms with E-state index >= 15 is 0 Å². The van der Waals surface area contributed by atoms with Gasteiger partial charge in [-0.3, -0.25) is 4.90 Å². The molecule has 0 aliphatic carbocycles. The Morgan fingerprint density at radius 1 is 1.32 bits per heavy atom. The second kappa shape index (κ2) is 5.49. The molecule has 1 aromatic heterocycles. The third-order valence-corrected chi connectivity index (χ3v) is 3.93. The highest BCUT2D eigenvalue weighted by molar-refractivity contribution is 5.52. The predicted octanol–water partition coefficient (Wildman–Crippen LogP) is 3.14. The fourth-order valence-corrected chi connectivity index (χ4v) is 2.74. The predicted molar refractivity (Wildman–Crippen MR) is 77.2 cm³/mol. The van der Waals surface area contributed by atoms with Crippen molar-refractivity contribution in [1.82, 2.24) is 4.90 Å². The van der Waals surface area contributed by atoms with Gasteiger partial charge in [-0.2, -0.15) is 0 Å². The molecule has 1 unspecified atom stereocenters. The normalized spacial score (nSPS) is 18.7. The summed E-state index contributed by atoms with van der Waals surface area (Å²) >= 11 is 0. The maximum atomic E-state index is 5.14. The Kier molecular flexibility index (Phi) is 3.56. The zero-order valence-corrected chi connectivity index (χ0v) is 11.3. The molecule has 1 aliphatic rings. The minimum absolute atomic E-state index is 0.558. The van der Waals surface area contributed by atoms with Gasteiger partial charge in [-0.15, -0.1) is 0 Å². The molecule has 3 nitrogen and oxygen atoms in total. The van der Waals surface area contributed by atoms with E-state index in [2.05, 4.69) is 41.5 Å². The first-order chi connectivity index (χ1) is 9.33. The second-order valence-corrected chi connectivity index (χ2v) is 5.28. The number of para-hydroxylation sites is 1. The highest BCUT2D eigenvalue weighted by Gasteiger charge is 2.19. The van der Waals surface area contributed by atoms with Crippen molar-refractivity contribution in [3.63, 3.8) is 0 Å². The Morgan fingerprint density at radius 2 is 2.21 bits per heavy atom. The van der Waals surface area contributed by atoms with E-state index < -0.39 is 0 Å². The number of nitrogens with zero attached hydrogens (tertiary/aromatic N) is 1. The van der Waals surface area contributed by atoms with Gasteiger partial charge in [-0.25, -0.2) is 0 Å². The van der Waals surface area contributed by atoms with Crippen molar-refractivity contribution in [1.29, 1.82) is 0 Å². The van der Waals surface area contributed by atoms with Gasteiger partial charge in [0.05, 0.1) is 12.5 Å². The third-order valence-electron chi connectivity index (χ3n) is 3.93. The number of fused-ring (bicyclic) bond motifs is 1. The number of anilines is 1. The number of likely N-dealkylation sites (N-methyl/N-ethyl adjacent to an activating group) is 1. The van der Waals surface area contributed by atoms with Crippen LogP contribution in [-0.4, -0.2) is 24.5 Å². The molecule has 1 aliphatic heterocycles. The Labute approximate surface area is 114 Å². The number of aryl methyl sites for hydroxylation is 1. The van der Waals surface area contributed by atoms with Gasteiger partial charge in [0.1, 0.15) is 0 Å². The minimum atomic E-state index is 0.558. The van der Waals surface area contributed by atoms with Crippen LogP contribution in [-0.2, 0) is 13.0 Å². The number of furan rings is 1. The second-order valence-electron chi connectivity index (χ2n) is 5.28. The van der Waals surface area contributed by atoms with Crippen molar-refractivity contribution in [2.24, 2.45) is 0 Å². The third kappa shape index (κ3) is 2.82. The Balaban J connectivity index is 1.65. The number of benzene rings is 1. The van der Waals surface area contributed by atoms with Crippen LogP contribution in [0.4, 0.5) is 5.69 Å². The molecular formula is C16H20N2O. The highest BCUT2D eigenvalue weighted by atomic mass is 16.3. The van der Waals surface area contributed by atoms with Crippen LogP contribution >= 0.6 is 0 Å². The average molecular weight is 256 g/mol. The summed E-state index contributed by atoms with van der Waals surface area (Å²) in [7, 11) is 2.19. The first-order valence-corrected chi connectivity index (χ1v) is 6.86. The van der Waals surface area contributed by atoms with Crippen molar-refractivity contribution in [3.05, 3.63) is 54.0 Å². The van der Waals surface area contributed by atoms with Gasteiger partial charge in [0.2, 0.25) is 0 Å². The molecule has 1 aromatic carbocycles. The smallest absolute Gasteiger partial charge is 0.0947 e. The number of hydrogen-bond acceptors (Lipinski definition) is 3. The molecule has 19 heavy (non-hydrogen) atoms. The quantitative estimate of drug-likeness (QED) is 0.914. The lowest BCUT2D eigenvalue weighted by Crippen LogP contribution is -2.36. The molecular weight excluding hydrogens is 236 g/mol. The Morgan fingerprint density at radius 3 is 3.05 bits per heavy atom. The lowest BCUT2D eigenvalue weighted by atomic mass is 10.1. The van der Waals surface area contributed by atoms with Gasteiger partial charge in [-0.05, 0) is 37.6 Å². The molecule has 100 valence electrons. The fraction of sp³-hybridized carbons (Fsp3) is 0.375. The van der Waals surface area contributed by atoms with E-state index in [0.717, 1.165) is 19.5 Å². The zero-order chi connectivity index (χ0) is 13.1. The molecule has 1 N–H and O–H groups in total. The van der Waals surface area contributed by atoms with Crippen LogP contribution in [0, 0.1) is 0 Å². The molecule has 0 fully saturated rings. The summed E-state index contributed by atoms with van der Waals surface area (Å²) in [6, 6.07) is 11.2. The molecule has 0 radical (unpaired) electrons. The number of rotatable bonds is 3. The summed E-state index contributed by atoms with van der Waals surface area (Å²) in [5.74, 6) is 0. The summed E-state index contributed by atoms with van der Waals surface area (Å²) in [5.41, 5.74) is 3.97. The summed E-state index contributed by atoms with van der Waals surface area (Å²) in [6.45, 7) is 1.95. The van der Waals surface area contributed by atoms with Crippen molar-refractivity contribution in [2.45, 2.75) is 25.4 Å². The standard InChI is InChI=1S/C16H20N2O/c1-18(11-13-8-9-19-12-13)15-7-6-14-4-2-3-5-16(14)17-10-15/h2-5,8-9,12,15,17H,6-7,10-11H2,1H3. The Bertz CT molecular complexity index is 494. The number of nitrogens with one attached hydrogen (secondary N) is 1. The lowest BCUT2D eigenvalue weighted by molar-refractivity contribution is 0.233. The van der Waals surface area contributed by atoms with Crippen LogP contribution in [0.2, 0.25) is 0 Å². The molecule has 3 rings (SSSR count). The van der Waals surface area contributed by atoms with Gasteiger partial charge in [0.15, 0.2) is 0 Å². The van der Waals surface area contributed by atoms with Crippen LogP contribution in [0.1, 0.15) is 17.5 Å². The van der Waals surface area contributed by atoms with Gasteiger partial charge in [0.25, 0.3) is 0 Å². The van der Waals surface area contributed by atoms with E-state index in [1.165, 1.54) is 23.2 Å². The van der Waals surface area contributed by atoms with Crippen LogP contribution < -0.4 is 5.32 Å². The molecule has 0 bridgehead atoms. The fourth-order valence-electron chi connectivity index (χ4n) is 2.74. The summed E-state index contributed by atoms with van der Waals surface area (Å²) in [6.07, 6.45) is 5.90. The molecule has 0 saturated carbocycles. The van der Waals surface area contributed by atoms with Crippen molar-refractivity contribution >= 4 is 5.69 Å². The SMILES string of the molecule is CN(Cc1ccoc1)C1CCc2ccccc2NC1. The van der Waals surface area contributed by atoms with E-state index in [1.54, 1.807) is 6.26 Å². The average Bonchev–Trinajstić information content (AvgIpc) is 2.83. The van der Waals surface area contributed by atoms with Gasteiger partial charge in [0, 0.05) is 30.4 Å². The van der Waals surface area contributed by atoms with Crippen LogP contribution in [0.25, 0.3) is 0 Å². The molecule has 0 saturated heterocycles. The van der Waals surface area contributed by atoms with Gasteiger partial charge < -0.3 is 9.73 Å². The van der Waals surface area contributed by atoms with Crippen molar-refractivity contribution in [2.75, 3.05) is 18.9 Å². The van der Waals surface area contributed by atoms with Crippen LogP contribution in [0.15, 0.2) is 47.3 Å². The number of hydrogen-bond donors (Lipinski definition) is 1. The van der Waals surface area contributed by atoms with Gasteiger partial charge >= 0.3 is 0 Å². The van der Waals surface area contributed by atoms with Gasteiger partial charge in [-0.1, -0.05) is 18.2 Å². The molecule has 1 atom stereocenters. The van der Waals surface area contributed by atoms with E-state index in [1.807, 2.05) is 12.3 Å². The Hall–Kier alpha value is -1.74. The van der Waals surface area contributed by atoms with Crippen LogP contribution in [0.3, 0.4) is 0 Å². The van der Waals surface area contributed by atoms with E-state index in [4.69, 9.17) is 4.42 Å². The maximum absolute atomic E-state index is 5.14. The molecule has 0 spiro atoms. The van der Waals surface area contributed by atoms with Crippen molar-refractivity contribution < 1.29 is 4.42 Å². The monoisotopic (exact) mass is 256 g/mol. The highest BCUT2D eigenvalue weighted by Crippen LogP contribution is 2.23. The summed E-state index contributed by atoms with van der Waals surface area (Å²) in [4.78, 5) is 2.41. The maximum Gasteiger partial charge on any atom is 0.0947 e. The van der Waals surface area contributed by atoms with E-state index in [-0.39, 0.29) is 0 Å². The zero-order valence-electron chi connectivity index (χ0n) is 11.3. The minimum Gasteiger partial charge on any atom is -0.472 e. The van der Waals surface area contributed by atoms with E-state index in [0.29, 0.717) is 6.04 Å². The first kappa shape index (κ1) is 12.3. The summed E-state index contributed by atoms with van der Waals surface area (Å²) < 4.78 is 5.14. The molecule has 2 heterocycles. The summed E-state index contributed by atoms with van der Waals surface area (Å²) in [5, 5.41) is 3.57. The van der Waals surface area contributed by atoms with Crippen molar-refractivity contribution in [3.8, 4) is 0 Å². The van der Waals surface area contributed by atoms with Crippen LogP contribution in [0.5, 0.6) is 0 Å².